The van der Waals surface area contributed by atoms with Crippen LogP contribution in [0.4, 0.5) is 11.5 Å². The van der Waals surface area contributed by atoms with Crippen LogP contribution in [0.15, 0.2) is 16.9 Å². The zero-order valence-corrected chi connectivity index (χ0v) is 10.8. The van der Waals surface area contributed by atoms with Crippen LogP contribution < -0.4 is 10.9 Å². The lowest BCUT2D eigenvalue weighted by atomic mass is 10.4. The first kappa shape index (κ1) is 13.1. The third-order valence-corrected chi connectivity index (χ3v) is 2.58. The van der Waals surface area contributed by atoms with Gasteiger partial charge in [0, 0.05) is 26.2 Å². The number of carbonyl (C=O) groups is 1. The molecular weight excluding hydrogens is 274 g/mol. The van der Waals surface area contributed by atoms with E-state index in [0.29, 0.717) is 0 Å². The van der Waals surface area contributed by atoms with Gasteiger partial charge in [0.1, 0.15) is 11.4 Å². The van der Waals surface area contributed by atoms with Crippen LogP contribution in [0.1, 0.15) is 10.5 Å². The Morgan fingerprint density at radius 3 is 2.58 bits per heavy atom. The molecule has 0 bridgehead atoms. The third kappa shape index (κ3) is 2.58. The minimum absolute atomic E-state index is 0.000484. The molecule has 2 N–H and O–H groups in total. The second-order valence-corrected chi connectivity index (χ2v) is 4.17. The van der Waals surface area contributed by atoms with Gasteiger partial charge in [-0.3, -0.25) is 9.48 Å². The molecule has 2 heterocycles. The Morgan fingerprint density at radius 2 is 2.00 bits per heavy atom. The maximum atomic E-state index is 11.8. The van der Waals surface area contributed by atoms with Gasteiger partial charge in [-0.1, -0.05) is 11.6 Å². The van der Waals surface area contributed by atoms with Crippen molar-refractivity contribution in [3.8, 4) is 0 Å². The number of aryl methyl sites for hydroxylation is 2. The van der Waals surface area contributed by atoms with Crippen molar-refractivity contribution < 1.29 is 9.90 Å². The molecule has 0 aromatic carbocycles. The van der Waals surface area contributed by atoms with Crippen molar-refractivity contribution in [2.24, 2.45) is 14.1 Å². The molecule has 0 aliphatic heterocycles. The molecule has 100 valence electrons. The smallest absolute Gasteiger partial charge is 0.354 e. The fraction of sp³-hybridized carbons (Fsp3) is 0.200. The summed E-state index contributed by atoms with van der Waals surface area (Å²) in [4.78, 5) is 22.7. The number of anilines is 2. The number of carboxylic acid groups (broad SMARTS) is 1. The van der Waals surface area contributed by atoms with E-state index in [-0.39, 0.29) is 22.4 Å². The predicted octanol–water partition coefficient (Wildman–Crippen LogP) is 0.609. The summed E-state index contributed by atoms with van der Waals surface area (Å²) in [6.45, 7) is 0. The molecule has 0 fully saturated rings. The molecule has 0 atom stereocenters. The van der Waals surface area contributed by atoms with Crippen molar-refractivity contribution >= 4 is 29.1 Å². The van der Waals surface area contributed by atoms with Gasteiger partial charge in [-0.2, -0.15) is 10.2 Å². The van der Waals surface area contributed by atoms with Crippen LogP contribution in [0.25, 0.3) is 0 Å². The summed E-state index contributed by atoms with van der Waals surface area (Å²) in [5, 5.41) is 19.4. The Bertz CT molecular complexity index is 706. The molecule has 2 aromatic rings. The SMILES string of the molecule is Cn1nc(Nc2cc(Cl)nn(C)c2=O)cc1C(=O)O. The quantitative estimate of drug-likeness (QED) is 0.855. The Morgan fingerprint density at radius 1 is 1.32 bits per heavy atom. The molecule has 2 aromatic heterocycles. The number of nitrogens with zero attached hydrogens (tertiary/aromatic N) is 4. The number of rotatable bonds is 3. The first-order chi connectivity index (χ1) is 8.88. The van der Waals surface area contributed by atoms with Gasteiger partial charge in [-0.25, -0.2) is 9.48 Å². The molecule has 0 radical (unpaired) electrons. The van der Waals surface area contributed by atoms with Gasteiger partial charge in [0.05, 0.1) is 0 Å². The van der Waals surface area contributed by atoms with Gasteiger partial charge in [-0.15, -0.1) is 0 Å². The lowest BCUT2D eigenvalue weighted by Crippen LogP contribution is -2.22. The minimum atomic E-state index is -1.11. The molecular formula is C10H10ClN5O3. The van der Waals surface area contributed by atoms with E-state index >= 15 is 0 Å². The fourth-order valence-corrected chi connectivity index (χ4v) is 1.75. The summed E-state index contributed by atoms with van der Waals surface area (Å²) in [5.74, 6) is -0.872. The van der Waals surface area contributed by atoms with Gasteiger partial charge in [-0.05, 0) is 0 Å². The van der Waals surface area contributed by atoms with Gasteiger partial charge in [0.25, 0.3) is 5.56 Å². The van der Waals surface area contributed by atoms with Crippen LogP contribution >= 0.6 is 11.6 Å². The van der Waals surface area contributed by atoms with Gasteiger partial charge < -0.3 is 10.4 Å². The van der Waals surface area contributed by atoms with Crippen molar-refractivity contribution in [2.75, 3.05) is 5.32 Å². The summed E-state index contributed by atoms with van der Waals surface area (Å²) in [7, 11) is 2.95. The Labute approximate surface area is 112 Å². The van der Waals surface area contributed by atoms with Crippen molar-refractivity contribution in [1.29, 1.82) is 0 Å². The second kappa shape index (κ2) is 4.73. The first-order valence-electron chi connectivity index (χ1n) is 5.16. The summed E-state index contributed by atoms with van der Waals surface area (Å²) >= 11 is 5.74. The first-order valence-corrected chi connectivity index (χ1v) is 5.54. The van der Waals surface area contributed by atoms with Crippen LogP contribution in [0.5, 0.6) is 0 Å². The number of hydrogen-bond acceptors (Lipinski definition) is 5. The molecule has 0 aliphatic rings. The monoisotopic (exact) mass is 283 g/mol. The lowest BCUT2D eigenvalue weighted by molar-refractivity contribution is 0.0685. The largest absolute Gasteiger partial charge is 0.477 e. The van der Waals surface area contributed by atoms with E-state index in [2.05, 4.69) is 15.5 Å². The van der Waals surface area contributed by atoms with Crippen LogP contribution in [0, 0.1) is 0 Å². The number of aromatic nitrogens is 4. The summed E-state index contributed by atoms with van der Waals surface area (Å²) in [6.07, 6.45) is 0. The average Bonchev–Trinajstić information content (AvgIpc) is 2.66. The van der Waals surface area contributed by atoms with Gasteiger partial charge in [0.15, 0.2) is 11.0 Å². The number of nitrogens with one attached hydrogen (secondary N) is 1. The fourth-order valence-electron chi connectivity index (χ4n) is 1.53. The second-order valence-electron chi connectivity index (χ2n) is 3.78. The van der Waals surface area contributed by atoms with E-state index in [9.17, 15) is 9.59 Å². The number of hydrogen-bond donors (Lipinski definition) is 2. The summed E-state index contributed by atoms with van der Waals surface area (Å²) < 4.78 is 2.27. The average molecular weight is 284 g/mol. The highest BCUT2D eigenvalue weighted by Crippen LogP contribution is 2.15. The van der Waals surface area contributed by atoms with Crippen LogP contribution in [-0.4, -0.2) is 30.6 Å². The highest BCUT2D eigenvalue weighted by atomic mass is 35.5. The molecule has 0 saturated carbocycles. The van der Waals surface area contributed by atoms with E-state index in [0.717, 1.165) is 4.68 Å². The maximum Gasteiger partial charge on any atom is 0.354 e. The standard InChI is InChI=1S/C10H10ClN5O3/c1-15-6(10(18)19)4-8(14-15)12-5-3-7(11)13-16(2)9(5)17/h3-4H,1-2H3,(H,12,14)(H,18,19). The minimum Gasteiger partial charge on any atom is -0.477 e. The molecule has 2 rings (SSSR count). The van der Waals surface area contributed by atoms with E-state index in [1.807, 2.05) is 0 Å². The third-order valence-electron chi connectivity index (χ3n) is 2.39. The maximum absolute atomic E-state index is 11.8. The van der Waals surface area contributed by atoms with E-state index < -0.39 is 11.5 Å². The summed E-state index contributed by atoms with van der Waals surface area (Å²) in [6, 6.07) is 2.66. The molecule has 19 heavy (non-hydrogen) atoms. The zero-order valence-electron chi connectivity index (χ0n) is 10.1. The molecule has 0 unspecified atom stereocenters. The molecule has 8 nitrogen and oxygen atoms in total. The number of halogens is 1. The van der Waals surface area contributed by atoms with Crippen molar-refractivity contribution in [3.63, 3.8) is 0 Å². The molecule has 0 aliphatic carbocycles. The molecule has 0 spiro atoms. The number of carboxylic acids is 1. The van der Waals surface area contributed by atoms with Crippen LogP contribution in [0.3, 0.4) is 0 Å². The normalized spacial score (nSPS) is 10.5. The van der Waals surface area contributed by atoms with Crippen molar-refractivity contribution in [1.82, 2.24) is 19.6 Å². The lowest BCUT2D eigenvalue weighted by Gasteiger charge is -2.04. The summed E-state index contributed by atoms with van der Waals surface area (Å²) in [5.41, 5.74) is -0.232. The zero-order chi connectivity index (χ0) is 14.2. The van der Waals surface area contributed by atoms with E-state index in [1.165, 1.54) is 30.9 Å². The highest BCUT2D eigenvalue weighted by molar-refractivity contribution is 6.29. The van der Waals surface area contributed by atoms with Crippen LogP contribution in [0.2, 0.25) is 5.15 Å². The van der Waals surface area contributed by atoms with Gasteiger partial charge >= 0.3 is 5.97 Å². The van der Waals surface area contributed by atoms with Crippen molar-refractivity contribution in [2.45, 2.75) is 0 Å². The molecule has 9 heteroatoms. The number of aromatic carboxylic acids is 1. The Kier molecular flexibility index (Phi) is 3.26. The predicted molar refractivity (Wildman–Crippen MR) is 67.9 cm³/mol. The molecule has 0 saturated heterocycles. The highest BCUT2D eigenvalue weighted by Gasteiger charge is 2.13. The Balaban J connectivity index is 2.39. The van der Waals surface area contributed by atoms with Gasteiger partial charge in [0.2, 0.25) is 0 Å². The Hall–Kier alpha value is -2.35. The van der Waals surface area contributed by atoms with E-state index in [4.69, 9.17) is 16.7 Å². The van der Waals surface area contributed by atoms with Crippen molar-refractivity contribution in [3.05, 3.63) is 33.3 Å². The topological polar surface area (TPSA) is 102 Å². The van der Waals surface area contributed by atoms with Crippen LogP contribution in [-0.2, 0) is 14.1 Å². The van der Waals surface area contributed by atoms with E-state index in [1.54, 1.807) is 0 Å². The molecule has 0 amide bonds.